The van der Waals surface area contributed by atoms with Crippen LogP contribution < -0.4 is 0 Å². The van der Waals surface area contributed by atoms with E-state index < -0.39 is 17.6 Å². The van der Waals surface area contributed by atoms with Gasteiger partial charge in [0.2, 0.25) is 0 Å². The summed E-state index contributed by atoms with van der Waals surface area (Å²) in [7, 11) is 0. The van der Waals surface area contributed by atoms with Crippen molar-refractivity contribution in [2.75, 3.05) is 0 Å². The number of carbonyl (C=O) groups excluding carboxylic acids is 3. The van der Waals surface area contributed by atoms with E-state index in [0.717, 1.165) is 25.7 Å². The molecule has 2 bridgehead atoms. The van der Waals surface area contributed by atoms with Crippen molar-refractivity contribution < 1.29 is 33.3 Å². The van der Waals surface area contributed by atoms with Gasteiger partial charge in [0.25, 0.3) is 0 Å². The maximum atomic E-state index is 12.1. The second-order valence-corrected chi connectivity index (χ2v) is 11.7. The van der Waals surface area contributed by atoms with Crippen molar-refractivity contribution in [2.24, 2.45) is 16.7 Å². The van der Waals surface area contributed by atoms with Crippen LogP contribution in [0.25, 0.3) is 0 Å². The third-order valence-electron chi connectivity index (χ3n) is 8.62. The SMILES string of the molecule is CCC(C)(C)C(=O)OC1C2CC3C(=O)OC1C3O2.CCC1(OC(=O)C(C)(C)CC)CCCCC1. The number of fused-ring (bicyclic) bond motifs is 1. The zero-order chi connectivity index (χ0) is 25.3. The lowest BCUT2D eigenvalue weighted by molar-refractivity contribution is -0.175. The fourth-order valence-corrected chi connectivity index (χ4v) is 5.01. The second-order valence-electron chi connectivity index (χ2n) is 11.7. The molecule has 3 saturated heterocycles. The second kappa shape index (κ2) is 10.2. The number of rotatable bonds is 7. The maximum Gasteiger partial charge on any atom is 0.312 e. The van der Waals surface area contributed by atoms with Crippen LogP contribution in [0.5, 0.6) is 0 Å². The van der Waals surface area contributed by atoms with Crippen molar-refractivity contribution in [1.29, 1.82) is 0 Å². The highest BCUT2D eigenvalue weighted by Crippen LogP contribution is 2.48. The van der Waals surface area contributed by atoms with Crippen molar-refractivity contribution in [3.05, 3.63) is 0 Å². The van der Waals surface area contributed by atoms with Crippen LogP contribution in [0.4, 0.5) is 0 Å². The molecule has 4 aliphatic rings. The Kier molecular flexibility index (Phi) is 8.06. The van der Waals surface area contributed by atoms with Crippen molar-refractivity contribution in [1.82, 2.24) is 0 Å². The van der Waals surface area contributed by atoms with E-state index in [1.807, 2.05) is 41.5 Å². The molecular weight excluding hydrogens is 436 g/mol. The van der Waals surface area contributed by atoms with Gasteiger partial charge in [-0.05, 0) is 79.1 Å². The molecule has 7 nitrogen and oxygen atoms in total. The van der Waals surface area contributed by atoms with E-state index in [1.165, 1.54) is 19.3 Å². The highest BCUT2D eigenvalue weighted by molar-refractivity contribution is 5.79. The molecule has 1 saturated carbocycles. The van der Waals surface area contributed by atoms with E-state index in [9.17, 15) is 14.4 Å². The summed E-state index contributed by atoms with van der Waals surface area (Å²) in [5.74, 6) is -0.612. The molecule has 194 valence electrons. The Morgan fingerprint density at radius 2 is 1.53 bits per heavy atom. The van der Waals surface area contributed by atoms with Crippen LogP contribution in [0.3, 0.4) is 0 Å². The fourth-order valence-electron chi connectivity index (χ4n) is 5.01. The maximum absolute atomic E-state index is 12.1. The first-order chi connectivity index (χ1) is 15.9. The smallest absolute Gasteiger partial charge is 0.312 e. The molecule has 0 spiro atoms. The summed E-state index contributed by atoms with van der Waals surface area (Å²) in [5.41, 5.74) is -0.995. The Hall–Kier alpha value is -1.63. The first-order valence-electron chi connectivity index (χ1n) is 13.2. The van der Waals surface area contributed by atoms with Gasteiger partial charge in [0, 0.05) is 0 Å². The van der Waals surface area contributed by atoms with Gasteiger partial charge in [0.05, 0.1) is 22.9 Å². The Balaban J connectivity index is 0.000000192. The summed E-state index contributed by atoms with van der Waals surface area (Å²) in [6, 6.07) is 0. The van der Waals surface area contributed by atoms with E-state index in [4.69, 9.17) is 18.9 Å². The lowest BCUT2D eigenvalue weighted by Gasteiger charge is -2.38. The van der Waals surface area contributed by atoms with Crippen molar-refractivity contribution in [3.63, 3.8) is 0 Å². The van der Waals surface area contributed by atoms with Gasteiger partial charge in [-0.15, -0.1) is 0 Å². The van der Waals surface area contributed by atoms with Crippen molar-refractivity contribution >= 4 is 17.9 Å². The lowest BCUT2D eigenvalue weighted by atomic mass is 9.82. The molecule has 0 radical (unpaired) electrons. The Morgan fingerprint density at radius 1 is 0.941 bits per heavy atom. The molecule has 3 aliphatic heterocycles. The summed E-state index contributed by atoms with van der Waals surface area (Å²) in [5, 5.41) is 0. The Morgan fingerprint density at radius 3 is 2.09 bits per heavy atom. The zero-order valence-electron chi connectivity index (χ0n) is 22.1. The van der Waals surface area contributed by atoms with Gasteiger partial charge >= 0.3 is 17.9 Å². The molecule has 0 amide bonds. The van der Waals surface area contributed by atoms with Crippen LogP contribution in [0.1, 0.15) is 106 Å². The van der Waals surface area contributed by atoms with E-state index >= 15 is 0 Å². The number of hydrogen-bond acceptors (Lipinski definition) is 7. The van der Waals surface area contributed by atoms with Gasteiger partial charge in [0.1, 0.15) is 11.7 Å². The number of ether oxygens (including phenoxy) is 4. The molecule has 0 aromatic heterocycles. The van der Waals surface area contributed by atoms with Gasteiger partial charge in [-0.2, -0.15) is 0 Å². The molecule has 34 heavy (non-hydrogen) atoms. The molecule has 0 N–H and O–H groups in total. The van der Waals surface area contributed by atoms with Gasteiger partial charge in [-0.1, -0.05) is 27.2 Å². The summed E-state index contributed by atoms with van der Waals surface area (Å²) in [4.78, 5) is 35.7. The van der Waals surface area contributed by atoms with Gasteiger partial charge in [0.15, 0.2) is 12.2 Å². The third-order valence-corrected chi connectivity index (χ3v) is 8.62. The summed E-state index contributed by atoms with van der Waals surface area (Å²) in [6.07, 6.45) is 7.73. The molecule has 4 fully saturated rings. The molecule has 7 heteroatoms. The molecule has 4 rings (SSSR count). The van der Waals surface area contributed by atoms with Crippen LogP contribution in [-0.4, -0.2) is 47.9 Å². The molecule has 5 unspecified atom stereocenters. The molecule has 5 atom stereocenters. The Bertz CT molecular complexity index is 765. The first kappa shape index (κ1) is 27.0. The van der Waals surface area contributed by atoms with E-state index in [2.05, 4.69) is 6.92 Å². The minimum atomic E-state index is -0.510. The van der Waals surface area contributed by atoms with Gasteiger partial charge in [-0.3, -0.25) is 14.4 Å². The normalized spacial score (nSPS) is 31.4. The fraction of sp³-hybridized carbons (Fsp3) is 0.889. The molecular formula is C27H44O7. The monoisotopic (exact) mass is 480 g/mol. The largest absolute Gasteiger partial charge is 0.459 e. The lowest BCUT2D eigenvalue weighted by Crippen LogP contribution is -2.42. The van der Waals surface area contributed by atoms with Gasteiger partial charge in [-0.25, -0.2) is 0 Å². The average molecular weight is 481 g/mol. The summed E-state index contributed by atoms with van der Waals surface area (Å²) in [6.45, 7) is 13.8. The van der Waals surface area contributed by atoms with E-state index in [1.54, 1.807) is 0 Å². The van der Waals surface area contributed by atoms with Crippen LogP contribution in [-0.2, 0) is 33.3 Å². The third kappa shape index (κ3) is 5.29. The van der Waals surface area contributed by atoms with E-state index in [0.29, 0.717) is 12.8 Å². The highest BCUT2D eigenvalue weighted by atomic mass is 16.7. The van der Waals surface area contributed by atoms with Crippen LogP contribution in [0.15, 0.2) is 0 Å². The van der Waals surface area contributed by atoms with Crippen molar-refractivity contribution in [3.8, 4) is 0 Å². The molecule has 3 heterocycles. The average Bonchev–Trinajstić information content (AvgIpc) is 3.45. The van der Waals surface area contributed by atoms with Crippen LogP contribution in [0.2, 0.25) is 0 Å². The number of carbonyl (C=O) groups is 3. The van der Waals surface area contributed by atoms with Gasteiger partial charge < -0.3 is 18.9 Å². The van der Waals surface area contributed by atoms with E-state index in [-0.39, 0.29) is 47.0 Å². The van der Waals surface area contributed by atoms with Crippen LogP contribution >= 0.6 is 0 Å². The number of hydrogen-bond donors (Lipinski definition) is 0. The minimum absolute atomic E-state index is 0.0150. The predicted molar refractivity (Wildman–Crippen MR) is 127 cm³/mol. The van der Waals surface area contributed by atoms with Crippen molar-refractivity contribution in [2.45, 2.75) is 136 Å². The summed E-state index contributed by atoms with van der Waals surface area (Å²) < 4.78 is 22.3. The Labute approximate surface area is 204 Å². The molecule has 0 aromatic rings. The molecule has 1 aliphatic carbocycles. The van der Waals surface area contributed by atoms with Crippen LogP contribution in [0, 0.1) is 16.7 Å². The highest BCUT2D eigenvalue weighted by Gasteiger charge is 2.65. The first-order valence-corrected chi connectivity index (χ1v) is 13.2. The minimum Gasteiger partial charge on any atom is -0.459 e. The topological polar surface area (TPSA) is 88.1 Å². The standard InChI is InChI=1S/C14H26O2.C13H18O5/c1-5-13(3,4)12(15)16-14(6-2)10-8-7-9-11-14;1-4-13(2,3)12(15)18-9-7-5-6-8(16-7)10(9)17-11(6)14/h5-11H2,1-4H3;6-10H,4-5H2,1-3H3. The predicted octanol–water partition coefficient (Wildman–Crippen LogP) is 5.13. The number of esters is 3. The quantitative estimate of drug-likeness (QED) is 0.369. The summed E-state index contributed by atoms with van der Waals surface area (Å²) >= 11 is 0. The molecule has 0 aromatic carbocycles. The zero-order valence-corrected chi connectivity index (χ0v) is 22.1.